The third-order valence-electron chi connectivity index (χ3n) is 3.53. The summed E-state index contributed by atoms with van der Waals surface area (Å²) in [6.07, 6.45) is -3.12. The number of alkyl halides is 3. The first-order chi connectivity index (χ1) is 11.7. The zero-order valence-corrected chi connectivity index (χ0v) is 13.4. The van der Waals surface area contributed by atoms with Crippen molar-refractivity contribution in [3.63, 3.8) is 0 Å². The highest BCUT2D eigenvalue weighted by Crippen LogP contribution is 2.24. The van der Waals surface area contributed by atoms with E-state index < -0.39 is 6.36 Å². The molecule has 0 unspecified atom stereocenters. The van der Waals surface area contributed by atoms with Crippen LogP contribution in [0, 0.1) is 0 Å². The molecule has 0 aliphatic carbocycles. The van der Waals surface area contributed by atoms with E-state index in [9.17, 15) is 13.2 Å². The molecule has 10 heteroatoms. The van der Waals surface area contributed by atoms with E-state index in [0.717, 1.165) is 5.56 Å². The molecule has 0 fully saturated rings. The van der Waals surface area contributed by atoms with Crippen molar-refractivity contribution >= 4 is 22.8 Å². The van der Waals surface area contributed by atoms with Gasteiger partial charge in [-0.1, -0.05) is 12.1 Å². The second kappa shape index (κ2) is 6.11. The van der Waals surface area contributed by atoms with Gasteiger partial charge in [0, 0.05) is 20.6 Å². The molecule has 1 aromatic carbocycles. The molecule has 3 rings (SSSR count). The minimum atomic E-state index is -4.71. The number of rotatable bonds is 4. The van der Waals surface area contributed by atoms with Crippen LogP contribution in [0.5, 0.6) is 5.75 Å². The van der Waals surface area contributed by atoms with Gasteiger partial charge in [-0.15, -0.1) is 13.2 Å². The predicted molar refractivity (Wildman–Crippen MR) is 85.9 cm³/mol. The van der Waals surface area contributed by atoms with Crippen molar-refractivity contribution in [2.75, 3.05) is 17.7 Å². The quantitative estimate of drug-likeness (QED) is 0.777. The number of halogens is 3. The minimum Gasteiger partial charge on any atom is -0.406 e. The van der Waals surface area contributed by atoms with Crippen molar-refractivity contribution in [1.82, 2.24) is 19.7 Å². The lowest BCUT2D eigenvalue weighted by Gasteiger charge is -2.18. The molecule has 0 radical (unpaired) electrons. The summed E-state index contributed by atoms with van der Waals surface area (Å²) in [4.78, 5) is 10.4. The van der Waals surface area contributed by atoms with Gasteiger partial charge in [-0.2, -0.15) is 15.1 Å². The first-order valence-corrected chi connectivity index (χ1v) is 7.24. The maximum absolute atomic E-state index is 12.2. The van der Waals surface area contributed by atoms with E-state index >= 15 is 0 Å². The van der Waals surface area contributed by atoms with E-state index in [-0.39, 0.29) is 5.75 Å². The van der Waals surface area contributed by atoms with Gasteiger partial charge < -0.3 is 15.4 Å². The van der Waals surface area contributed by atoms with E-state index in [1.807, 2.05) is 0 Å². The van der Waals surface area contributed by atoms with Gasteiger partial charge in [-0.05, 0) is 17.7 Å². The maximum atomic E-state index is 12.2. The number of fused-ring (bicyclic) bond motifs is 1. The molecule has 132 valence electrons. The largest absolute Gasteiger partial charge is 0.573 e. The molecule has 7 nitrogen and oxygen atoms in total. The van der Waals surface area contributed by atoms with Crippen molar-refractivity contribution in [3.05, 3.63) is 36.0 Å². The Morgan fingerprint density at radius 2 is 1.88 bits per heavy atom. The minimum absolute atomic E-state index is 0.268. The molecule has 0 bridgehead atoms. The van der Waals surface area contributed by atoms with Crippen molar-refractivity contribution in [3.8, 4) is 5.75 Å². The van der Waals surface area contributed by atoms with Crippen LogP contribution in [-0.2, 0) is 13.6 Å². The Hall–Kier alpha value is -3.04. The number of nitrogens with two attached hydrogens (primary N) is 1. The standard InChI is InChI=1S/C15H15F3N6O/c1-23(8-9-3-5-10(6-4-9)25-15(16,17)18)14-21-12(19)11-7-20-24(2)13(11)22-14/h3-7H,8H2,1-2H3,(H2,19,21,22). The van der Waals surface area contributed by atoms with Crippen LogP contribution in [0.4, 0.5) is 24.9 Å². The fraction of sp³-hybridized carbons (Fsp3) is 0.267. The summed E-state index contributed by atoms with van der Waals surface area (Å²) in [6.45, 7) is 0.384. The summed E-state index contributed by atoms with van der Waals surface area (Å²) in [6, 6.07) is 5.61. The summed E-state index contributed by atoms with van der Waals surface area (Å²) >= 11 is 0. The first kappa shape index (κ1) is 16.8. The SMILES string of the molecule is CN(Cc1ccc(OC(F)(F)F)cc1)c1nc(N)c2cnn(C)c2n1. The molecule has 0 saturated carbocycles. The Labute approximate surface area is 140 Å². The highest BCUT2D eigenvalue weighted by molar-refractivity contribution is 5.86. The Kier molecular flexibility index (Phi) is 4.11. The molecule has 0 aliphatic heterocycles. The van der Waals surface area contributed by atoms with Gasteiger partial charge in [-0.3, -0.25) is 4.68 Å². The summed E-state index contributed by atoms with van der Waals surface area (Å²) in [7, 11) is 3.51. The second-order valence-corrected chi connectivity index (χ2v) is 5.46. The van der Waals surface area contributed by atoms with Crippen LogP contribution in [0.25, 0.3) is 11.0 Å². The lowest BCUT2D eigenvalue weighted by molar-refractivity contribution is -0.274. The molecule has 0 amide bonds. The molecule has 0 aliphatic rings. The lowest BCUT2D eigenvalue weighted by atomic mass is 10.2. The number of nitrogens with zero attached hydrogens (tertiary/aromatic N) is 5. The van der Waals surface area contributed by atoms with Gasteiger partial charge in [0.05, 0.1) is 11.6 Å². The Balaban J connectivity index is 1.78. The fourth-order valence-electron chi connectivity index (χ4n) is 2.34. The molecule has 2 aromatic heterocycles. The molecule has 2 N–H and O–H groups in total. The third-order valence-corrected chi connectivity index (χ3v) is 3.53. The maximum Gasteiger partial charge on any atom is 0.573 e. The topological polar surface area (TPSA) is 82.1 Å². The van der Waals surface area contributed by atoms with E-state index in [1.165, 1.54) is 12.1 Å². The molecule has 3 aromatic rings. The fourth-order valence-corrected chi connectivity index (χ4v) is 2.34. The average Bonchev–Trinajstić information content (AvgIpc) is 2.90. The van der Waals surface area contributed by atoms with Gasteiger partial charge in [0.2, 0.25) is 5.95 Å². The Morgan fingerprint density at radius 1 is 1.20 bits per heavy atom. The Bertz CT molecular complexity index is 891. The summed E-state index contributed by atoms with van der Waals surface area (Å²) in [5.74, 6) is 0.439. The zero-order chi connectivity index (χ0) is 18.2. The highest BCUT2D eigenvalue weighted by Gasteiger charge is 2.30. The van der Waals surface area contributed by atoms with Crippen LogP contribution in [0.1, 0.15) is 5.56 Å². The summed E-state index contributed by atoms with van der Waals surface area (Å²) < 4.78 is 42.0. The smallest absolute Gasteiger partial charge is 0.406 e. The Morgan fingerprint density at radius 3 is 2.52 bits per heavy atom. The molecule has 25 heavy (non-hydrogen) atoms. The van der Waals surface area contributed by atoms with Crippen molar-refractivity contribution in [2.45, 2.75) is 12.9 Å². The predicted octanol–water partition coefficient (Wildman–Crippen LogP) is 2.48. The number of hydrogen-bond acceptors (Lipinski definition) is 6. The lowest BCUT2D eigenvalue weighted by Crippen LogP contribution is -2.20. The van der Waals surface area contributed by atoms with Crippen LogP contribution >= 0.6 is 0 Å². The summed E-state index contributed by atoms with van der Waals surface area (Å²) in [5, 5.41) is 4.75. The number of hydrogen-bond donors (Lipinski definition) is 1. The van der Waals surface area contributed by atoms with Crippen molar-refractivity contribution < 1.29 is 17.9 Å². The molecule has 0 atom stereocenters. The van der Waals surface area contributed by atoms with E-state index in [1.54, 1.807) is 42.0 Å². The van der Waals surface area contributed by atoms with E-state index in [2.05, 4.69) is 19.8 Å². The molecule has 0 spiro atoms. The molecule has 2 heterocycles. The van der Waals surface area contributed by atoms with E-state index in [4.69, 9.17) is 5.73 Å². The van der Waals surface area contributed by atoms with Crippen LogP contribution < -0.4 is 15.4 Å². The van der Waals surface area contributed by atoms with E-state index in [0.29, 0.717) is 29.3 Å². The normalized spacial score (nSPS) is 11.7. The number of nitrogen functional groups attached to an aromatic ring is 1. The van der Waals surface area contributed by atoms with Gasteiger partial charge >= 0.3 is 6.36 Å². The van der Waals surface area contributed by atoms with Gasteiger partial charge in [0.1, 0.15) is 11.6 Å². The van der Waals surface area contributed by atoms with Gasteiger partial charge in [-0.25, -0.2) is 0 Å². The number of ether oxygens (including phenoxy) is 1. The van der Waals surface area contributed by atoms with Crippen molar-refractivity contribution in [1.29, 1.82) is 0 Å². The number of benzene rings is 1. The van der Waals surface area contributed by atoms with Crippen LogP contribution in [0.2, 0.25) is 0 Å². The zero-order valence-electron chi connectivity index (χ0n) is 13.4. The molecular formula is C15H15F3N6O. The monoisotopic (exact) mass is 352 g/mol. The van der Waals surface area contributed by atoms with Crippen molar-refractivity contribution in [2.24, 2.45) is 7.05 Å². The number of aromatic nitrogens is 4. The first-order valence-electron chi connectivity index (χ1n) is 7.24. The number of anilines is 2. The molecule has 0 saturated heterocycles. The third kappa shape index (κ3) is 3.73. The highest BCUT2D eigenvalue weighted by atomic mass is 19.4. The van der Waals surface area contributed by atoms with Crippen LogP contribution in [0.3, 0.4) is 0 Å². The molecular weight excluding hydrogens is 337 g/mol. The summed E-state index contributed by atoms with van der Waals surface area (Å²) in [5.41, 5.74) is 7.29. The van der Waals surface area contributed by atoms with Crippen LogP contribution in [0.15, 0.2) is 30.5 Å². The second-order valence-electron chi connectivity index (χ2n) is 5.46. The van der Waals surface area contributed by atoms with Crippen LogP contribution in [-0.4, -0.2) is 33.2 Å². The average molecular weight is 352 g/mol. The van der Waals surface area contributed by atoms with Gasteiger partial charge in [0.25, 0.3) is 0 Å². The number of aryl methyl sites for hydroxylation is 1. The van der Waals surface area contributed by atoms with Gasteiger partial charge in [0.15, 0.2) is 5.65 Å².